The maximum absolute atomic E-state index is 11.3. The molecule has 0 radical (unpaired) electrons. The van der Waals surface area contributed by atoms with Gasteiger partial charge in [-0.05, 0) is 19.1 Å². The van der Waals surface area contributed by atoms with Gasteiger partial charge in [-0.3, -0.25) is 0 Å². The van der Waals surface area contributed by atoms with Crippen molar-refractivity contribution in [2.45, 2.75) is 19.0 Å². The average Bonchev–Trinajstić information content (AvgIpc) is 2.92. The molecular formula is C14H15NO3S. The summed E-state index contributed by atoms with van der Waals surface area (Å²) < 4.78 is 28.5. The van der Waals surface area contributed by atoms with Gasteiger partial charge in [-0.2, -0.15) is 0 Å². The van der Waals surface area contributed by atoms with E-state index in [0.29, 0.717) is 0 Å². The van der Waals surface area contributed by atoms with Gasteiger partial charge in [0.25, 0.3) is 0 Å². The van der Waals surface area contributed by atoms with E-state index in [4.69, 9.17) is 4.42 Å². The normalized spacial score (nSPS) is 22.9. The van der Waals surface area contributed by atoms with Crippen LogP contribution in [0.25, 0.3) is 11.0 Å². The van der Waals surface area contributed by atoms with Crippen LogP contribution in [-0.2, 0) is 9.84 Å². The third-order valence-electron chi connectivity index (χ3n) is 3.27. The number of hydrogen-bond acceptors (Lipinski definition) is 4. The van der Waals surface area contributed by atoms with Crippen LogP contribution < -0.4 is 5.32 Å². The molecule has 2 atom stereocenters. The minimum atomic E-state index is -3.02. The monoisotopic (exact) mass is 277 g/mol. The van der Waals surface area contributed by atoms with E-state index in [9.17, 15) is 8.42 Å². The number of benzene rings is 1. The summed E-state index contributed by atoms with van der Waals surface area (Å²) >= 11 is 0. The zero-order valence-corrected chi connectivity index (χ0v) is 11.4. The molecular weight excluding hydrogens is 262 g/mol. The molecule has 0 bridgehead atoms. The predicted octanol–water partition coefficient (Wildman–Crippen LogP) is 2.39. The standard InChI is InChI=1S/C14H15NO3S/c1-10(15-12-6-7-19(16,17)9-12)14-8-11-4-2-3-5-13(11)18-14/h2-8,10,12,15H,9H2,1H3. The molecule has 2 heterocycles. The molecule has 2 aromatic rings. The molecule has 0 aliphatic carbocycles. The van der Waals surface area contributed by atoms with Crippen molar-refractivity contribution < 1.29 is 12.8 Å². The van der Waals surface area contributed by atoms with Crippen LogP contribution in [0.4, 0.5) is 0 Å². The van der Waals surface area contributed by atoms with E-state index in [1.165, 1.54) is 5.41 Å². The Balaban J connectivity index is 1.77. The van der Waals surface area contributed by atoms with Crippen molar-refractivity contribution in [3.8, 4) is 0 Å². The van der Waals surface area contributed by atoms with Gasteiger partial charge < -0.3 is 9.73 Å². The van der Waals surface area contributed by atoms with Crippen molar-refractivity contribution >= 4 is 20.8 Å². The van der Waals surface area contributed by atoms with Crippen molar-refractivity contribution in [2.75, 3.05) is 5.75 Å². The lowest BCUT2D eigenvalue weighted by molar-refractivity contribution is 0.438. The molecule has 1 aliphatic rings. The van der Waals surface area contributed by atoms with Crippen LogP contribution >= 0.6 is 0 Å². The molecule has 0 amide bonds. The van der Waals surface area contributed by atoms with Gasteiger partial charge in [0.1, 0.15) is 11.3 Å². The van der Waals surface area contributed by atoms with Crippen molar-refractivity contribution in [3.05, 3.63) is 47.6 Å². The van der Waals surface area contributed by atoms with Crippen molar-refractivity contribution in [3.63, 3.8) is 0 Å². The van der Waals surface area contributed by atoms with Gasteiger partial charge in [0.15, 0.2) is 9.84 Å². The quantitative estimate of drug-likeness (QED) is 0.936. The third kappa shape index (κ3) is 2.57. The van der Waals surface area contributed by atoms with Crippen molar-refractivity contribution in [1.29, 1.82) is 0 Å². The number of fused-ring (bicyclic) bond motifs is 1. The summed E-state index contributed by atoms with van der Waals surface area (Å²) in [5.41, 5.74) is 0.848. The minimum Gasteiger partial charge on any atom is -0.459 e. The number of rotatable bonds is 3. The minimum absolute atomic E-state index is 0.0321. The maximum Gasteiger partial charge on any atom is 0.173 e. The first kappa shape index (κ1) is 12.4. The zero-order chi connectivity index (χ0) is 13.5. The first-order valence-corrected chi connectivity index (χ1v) is 7.90. The van der Waals surface area contributed by atoms with E-state index in [1.54, 1.807) is 6.08 Å². The molecule has 0 saturated carbocycles. The van der Waals surface area contributed by atoms with Crippen LogP contribution in [0.2, 0.25) is 0 Å². The van der Waals surface area contributed by atoms with E-state index < -0.39 is 9.84 Å². The molecule has 0 saturated heterocycles. The predicted molar refractivity (Wildman–Crippen MR) is 74.5 cm³/mol. The Morgan fingerprint density at radius 3 is 2.84 bits per heavy atom. The van der Waals surface area contributed by atoms with E-state index in [0.717, 1.165) is 16.7 Å². The summed E-state index contributed by atoms with van der Waals surface area (Å²) in [6, 6.07) is 9.62. The van der Waals surface area contributed by atoms with Crippen molar-refractivity contribution in [2.24, 2.45) is 0 Å². The average molecular weight is 277 g/mol. The first-order valence-electron chi connectivity index (χ1n) is 6.19. The Labute approximate surface area is 112 Å². The van der Waals surface area contributed by atoms with Crippen LogP contribution in [0.3, 0.4) is 0 Å². The highest BCUT2D eigenvalue weighted by Gasteiger charge is 2.24. The summed E-state index contributed by atoms with van der Waals surface area (Å²) in [6.45, 7) is 1.97. The second-order valence-corrected chi connectivity index (χ2v) is 6.77. The molecule has 5 heteroatoms. The Morgan fingerprint density at radius 2 is 2.16 bits per heavy atom. The molecule has 2 unspecified atom stereocenters. The first-order chi connectivity index (χ1) is 9.03. The summed E-state index contributed by atoms with van der Waals surface area (Å²) in [4.78, 5) is 0. The molecule has 0 fully saturated rings. The van der Waals surface area contributed by atoms with Crippen LogP contribution in [-0.4, -0.2) is 20.2 Å². The van der Waals surface area contributed by atoms with Gasteiger partial charge in [0, 0.05) is 16.8 Å². The lowest BCUT2D eigenvalue weighted by atomic mass is 10.2. The number of hydrogen-bond donors (Lipinski definition) is 1. The number of nitrogens with one attached hydrogen (secondary N) is 1. The van der Waals surface area contributed by atoms with Gasteiger partial charge in [-0.25, -0.2) is 8.42 Å². The van der Waals surface area contributed by atoms with Gasteiger partial charge >= 0.3 is 0 Å². The molecule has 1 aliphatic heterocycles. The highest BCUT2D eigenvalue weighted by molar-refractivity contribution is 7.94. The lowest BCUT2D eigenvalue weighted by Crippen LogP contribution is -2.32. The SMILES string of the molecule is CC(NC1C=CS(=O)(=O)C1)c1cc2ccccc2o1. The highest BCUT2D eigenvalue weighted by atomic mass is 32.2. The van der Waals surface area contributed by atoms with Crippen molar-refractivity contribution in [1.82, 2.24) is 5.32 Å². The Kier molecular flexibility index (Phi) is 2.95. The molecule has 1 N–H and O–H groups in total. The van der Waals surface area contributed by atoms with Crippen LogP contribution in [0.15, 0.2) is 46.2 Å². The van der Waals surface area contributed by atoms with Gasteiger partial charge in [0.2, 0.25) is 0 Å². The Morgan fingerprint density at radius 1 is 1.37 bits per heavy atom. The lowest BCUT2D eigenvalue weighted by Gasteiger charge is -2.15. The fraction of sp³-hybridized carbons (Fsp3) is 0.286. The van der Waals surface area contributed by atoms with Gasteiger partial charge in [-0.1, -0.05) is 24.3 Å². The Hall–Kier alpha value is -1.59. The van der Waals surface area contributed by atoms with E-state index >= 15 is 0 Å². The number of sulfone groups is 1. The highest BCUT2D eigenvalue weighted by Crippen LogP contribution is 2.24. The fourth-order valence-electron chi connectivity index (χ4n) is 2.30. The van der Waals surface area contributed by atoms with Crippen LogP contribution in [0.5, 0.6) is 0 Å². The topological polar surface area (TPSA) is 59.3 Å². The smallest absolute Gasteiger partial charge is 0.173 e. The summed E-state index contributed by atoms with van der Waals surface area (Å²) in [5, 5.41) is 5.58. The fourth-order valence-corrected chi connectivity index (χ4v) is 3.55. The summed E-state index contributed by atoms with van der Waals surface area (Å²) in [5.74, 6) is 0.941. The molecule has 1 aromatic carbocycles. The van der Waals surface area contributed by atoms with Gasteiger partial charge in [-0.15, -0.1) is 0 Å². The van der Waals surface area contributed by atoms with Gasteiger partial charge in [0.05, 0.1) is 11.8 Å². The third-order valence-corrected chi connectivity index (χ3v) is 4.66. The van der Waals surface area contributed by atoms with E-state index in [1.807, 2.05) is 37.3 Å². The molecule has 100 valence electrons. The molecule has 19 heavy (non-hydrogen) atoms. The molecule has 4 nitrogen and oxygen atoms in total. The summed E-state index contributed by atoms with van der Waals surface area (Å²) in [6.07, 6.45) is 1.69. The number of furan rings is 1. The largest absolute Gasteiger partial charge is 0.459 e. The van der Waals surface area contributed by atoms with E-state index in [2.05, 4.69) is 5.32 Å². The molecule has 0 spiro atoms. The number of para-hydroxylation sites is 1. The van der Waals surface area contributed by atoms with Crippen LogP contribution in [0.1, 0.15) is 18.7 Å². The van der Waals surface area contributed by atoms with E-state index in [-0.39, 0.29) is 17.8 Å². The zero-order valence-electron chi connectivity index (χ0n) is 10.5. The Bertz CT molecular complexity index is 697. The second-order valence-electron chi connectivity index (χ2n) is 4.84. The maximum atomic E-state index is 11.3. The summed E-state index contributed by atoms with van der Waals surface area (Å²) in [7, 11) is -3.02. The molecule has 1 aromatic heterocycles. The van der Waals surface area contributed by atoms with Crippen LogP contribution in [0, 0.1) is 0 Å². The second kappa shape index (κ2) is 4.51. The molecule has 3 rings (SSSR count).